The van der Waals surface area contributed by atoms with Gasteiger partial charge in [0, 0.05) is 51.8 Å². The number of urea groups is 1. The predicted octanol–water partition coefficient (Wildman–Crippen LogP) is 2.71. The third-order valence-corrected chi connectivity index (χ3v) is 9.39. The topological polar surface area (TPSA) is 162 Å². The number of benzene rings is 1. The number of hydrogen-bond acceptors (Lipinski definition) is 9. The van der Waals surface area contributed by atoms with E-state index in [-0.39, 0.29) is 29.6 Å². The fourth-order valence-corrected chi connectivity index (χ4v) is 6.72. The Morgan fingerprint density at radius 1 is 1.13 bits per heavy atom. The van der Waals surface area contributed by atoms with Crippen LogP contribution < -0.4 is 9.62 Å². The Kier molecular flexibility index (Phi) is 7.25. The molecule has 3 N–H and O–H groups in total. The summed E-state index contributed by atoms with van der Waals surface area (Å²) in [5.74, 6) is 0. The Balaban J connectivity index is 0.00000370. The minimum Gasteiger partial charge on any atom is -0.367 e. The molecule has 1 aromatic heterocycles. The smallest absolute Gasteiger partial charge is 0.320 e. The maximum absolute atomic E-state index is 13.3. The minimum atomic E-state index is -4.16. The van der Waals surface area contributed by atoms with Crippen molar-refractivity contribution >= 4 is 54.6 Å². The molecule has 0 bridgehead atoms. The number of thioether (sulfide) groups is 1. The maximum atomic E-state index is 13.3. The summed E-state index contributed by atoms with van der Waals surface area (Å²) in [6.45, 7) is 3.16. The Morgan fingerprint density at radius 2 is 1.77 bits per heavy atom. The van der Waals surface area contributed by atoms with Crippen molar-refractivity contribution in [2.24, 2.45) is 0 Å². The van der Waals surface area contributed by atoms with E-state index < -0.39 is 32.2 Å². The molecule has 0 unspecified atom stereocenters. The van der Waals surface area contributed by atoms with Crippen molar-refractivity contribution in [1.82, 2.24) is 24.3 Å². The fourth-order valence-electron chi connectivity index (χ4n) is 4.78. The normalized spacial score (nSPS) is 19.0. The Labute approximate surface area is 229 Å². The lowest BCUT2D eigenvalue weighted by molar-refractivity contribution is 0.159. The van der Waals surface area contributed by atoms with Gasteiger partial charge in [-0.2, -0.15) is 15.1 Å². The zero-order chi connectivity index (χ0) is 27.9. The largest absolute Gasteiger partial charge is 0.367 e. The van der Waals surface area contributed by atoms with Gasteiger partial charge in [0.15, 0.2) is 5.17 Å². The highest BCUT2D eigenvalue weighted by atomic mass is 32.2. The first-order chi connectivity index (χ1) is 18.5. The van der Waals surface area contributed by atoms with Crippen LogP contribution in [0.3, 0.4) is 0 Å². The number of carbonyl (C=O) groups excluding carboxylic acids is 1. The van der Waals surface area contributed by atoms with Crippen LogP contribution in [0.1, 0.15) is 27.1 Å². The number of alkyl halides is 2. The average molecular weight is 582 g/mol. The van der Waals surface area contributed by atoms with E-state index in [1.54, 1.807) is 4.90 Å². The summed E-state index contributed by atoms with van der Waals surface area (Å²) in [6, 6.07) is 4.75. The fraction of sp³-hybridized carbons (Fsp3) is 0.522. The van der Waals surface area contributed by atoms with Crippen molar-refractivity contribution in [3.63, 3.8) is 0 Å². The summed E-state index contributed by atoms with van der Waals surface area (Å²) < 4.78 is 56.0. The molecule has 3 fully saturated rings. The second-order valence-electron chi connectivity index (χ2n) is 9.75. The Hall–Kier alpha value is -3.29. The maximum Gasteiger partial charge on any atom is 0.320 e. The van der Waals surface area contributed by atoms with E-state index in [1.165, 1.54) is 18.3 Å². The van der Waals surface area contributed by atoms with E-state index in [9.17, 15) is 27.3 Å². The number of nitriles is 1. The number of aromatic nitrogens is 2. The van der Waals surface area contributed by atoms with Gasteiger partial charge in [-0.05, 0) is 49.6 Å². The van der Waals surface area contributed by atoms with Crippen LogP contribution in [0.5, 0.6) is 0 Å². The molecule has 12 nitrogen and oxygen atoms in total. The zero-order valence-corrected chi connectivity index (χ0v) is 22.5. The summed E-state index contributed by atoms with van der Waals surface area (Å²) in [6.07, 6.45) is 1.11. The molecule has 5 rings (SSSR count). The number of sulfonamides is 1. The molecule has 0 radical (unpaired) electrons. The van der Waals surface area contributed by atoms with Crippen molar-refractivity contribution < 1.29 is 23.4 Å². The first-order valence-electron chi connectivity index (χ1n) is 12.4. The van der Waals surface area contributed by atoms with E-state index in [1.807, 2.05) is 15.9 Å². The first kappa shape index (κ1) is 27.3. The molecule has 1 aliphatic carbocycles. The number of halogens is 2. The van der Waals surface area contributed by atoms with Gasteiger partial charge in [0.2, 0.25) is 10.0 Å². The van der Waals surface area contributed by atoms with Gasteiger partial charge in [-0.25, -0.2) is 26.7 Å². The molecule has 0 spiro atoms. The minimum absolute atomic E-state index is 0. The summed E-state index contributed by atoms with van der Waals surface area (Å²) in [5.41, 5.74) is -0.481. The number of carbonyl (C=O) groups is 1. The van der Waals surface area contributed by atoms with Crippen LogP contribution in [0, 0.1) is 22.1 Å². The van der Waals surface area contributed by atoms with Crippen molar-refractivity contribution in [3.8, 4) is 6.07 Å². The van der Waals surface area contributed by atoms with Crippen molar-refractivity contribution in [2.45, 2.75) is 42.5 Å². The van der Waals surface area contributed by atoms with Crippen LogP contribution >= 0.6 is 11.8 Å². The zero-order valence-electron chi connectivity index (χ0n) is 20.9. The second-order valence-corrected chi connectivity index (χ2v) is 12.5. The van der Waals surface area contributed by atoms with Crippen LogP contribution in [-0.2, 0) is 10.0 Å². The lowest BCUT2D eigenvalue weighted by atomic mass is 10.1. The number of nitrogens with one attached hydrogen (secondary N) is 3. The number of rotatable bonds is 5. The number of nitrogens with zero attached hydrogens (tertiary/aromatic N) is 6. The van der Waals surface area contributed by atoms with Crippen molar-refractivity contribution in [1.29, 1.82) is 16.1 Å². The quantitative estimate of drug-likeness (QED) is 0.361. The highest BCUT2D eigenvalue weighted by molar-refractivity contribution is 8.26. The van der Waals surface area contributed by atoms with Gasteiger partial charge in [0.1, 0.15) is 10.6 Å². The number of amides is 2. The molecular formula is C23H29F2N9O3S2. The Morgan fingerprint density at radius 3 is 2.36 bits per heavy atom. The molecule has 0 atom stereocenters. The SMILES string of the molecule is N#CC1(NS(=O)(=O)c2cc(N3CCN(C(=O)N4CCCC4)CC3)c3cnn(C(=N)SC(=N)C(F)F)c3c2)CC1.[HH]. The molecule has 210 valence electrons. The third-order valence-electron chi connectivity index (χ3n) is 7.11. The molecule has 3 aliphatic rings. The summed E-state index contributed by atoms with van der Waals surface area (Å²) in [7, 11) is -4.16. The summed E-state index contributed by atoms with van der Waals surface area (Å²) in [5, 5.41) is 28.2. The Bertz CT molecular complexity index is 1480. The molecule has 1 aromatic carbocycles. The van der Waals surface area contributed by atoms with Gasteiger partial charge < -0.3 is 14.7 Å². The molecule has 2 aliphatic heterocycles. The highest BCUT2D eigenvalue weighted by Crippen LogP contribution is 2.38. The molecular weight excluding hydrogens is 552 g/mol. The molecule has 1 saturated carbocycles. The van der Waals surface area contributed by atoms with Crippen LogP contribution in [0.4, 0.5) is 19.3 Å². The molecule has 16 heteroatoms. The number of anilines is 1. The number of fused-ring (bicyclic) bond motifs is 1. The lowest BCUT2D eigenvalue weighted by Gasteiger charge is -2.38. The van der Waals surface area contributed by atoms with E-state index in [4.69, 9.17) is 10.8 Å². The van der Waals surface area contributed by atoms with Crippen molar-refractivity contribution in [3.05, 3.63) is 18.3 Å². The van der Waals surface area contributed by atoms with Crippen LogP contribution in [-0.4, -0.2) is 95.5 Å². The number of hydrogen-bond donors (Lipinski definition) is 3. The van der Waals surface area contributed by atoms with E-state index >= 15 is 0 Å². The van der Waals surface area contributed by atoms with Gasteiger partial charge in [0.25, 0.3) is 6.43 Å². The van der Waals surface area contributed by atoms with Gasteiger partial charge in [-0.15, -0.1) is 0 Å². The van der Waals surface area contributed by atoms with Gasteiger partial charge in [0.05, 0.1) is 22.7 Å². The molecule has 3 heterocycles. The van der Waals surface area contributed by atoms with Gasteiger partial charge in [-0.3, -0.25) is 10.8 Å². The lowest BCUT2D eigenvalue weighted by Crippen LogP contribution is -2.52. The van der Waals surface area contributed by atoms with Crippen LogP contribution in [0.15, 0.2) is 23.2 Å². The summed E-state index contributed by atoms with van der Waals surface area (Å²) in [4.78, 5) is 18.2. The third kappa shape index (κ3) is 5.43. The van der Waals surface area contributed by atoms with E-state index in [0.717, 1.165) is 30.6 Å². The average Bonchev–Trinajstić information content (AvgIpc) is 3.29. The van der Waals surface area contributed by atoms with E-state index in [0.29, 0.717) is 50.1 Å². The molecule has 2 amide bonds. The molecule has 2 aromatic rings. The van der Waals surface area contributed by atoms with Crippen LogP contribution in [0.2, 0.25) is 0 Å². The number of piperazine rings is 1. The van der Waals surface area contributed by atoms with Gasteiger partial charge >= 0.3 is 6.03 Å². The number of likely N-dealkylation sites (tertiary alicyclic amines) is 1. The van der Waals surface area contributed by atoms with Crippen molar-refractivity contribution in [2.75, 3.05) is 44.2 Å². The monoisotopic (exact) mass is 581 g/mol. The molecule has 39 heavy (non-hydrogen) atoms. The van der Waals surface area contributed by atoms with Gasteiger partial charge in [-0.1, -0.05) is 0 Å². The first-order valence-corrected chi connectivity index (χ1v) is 14.7. The summed E-state index contributed by atoms with van der Waals surface area (Å²) >= 11 is 0.221. The predicted molar refractivity (Wildman–Crippen MR) is 144 cm³/mol. The van der Waals surface area contributed by atoms with E-state index in [2.05, 4.69) is 9.82 Å². The molecule has 2 saturated heterocycles. The van der Waals surface area contributed by atoms with Crippen LogP contribution in [0.25, 0.3) is 10.9 Å². The standard InChI is InChI=1S/C23H27F2N9O3S2.H2/c24-19(25)20(27)38-21(28)34-18-12-15(39(36,37)30-23(14-26)3-4-23)11-17(16(18)13-29-34)31-7-9-33(10-8-31)22(35)32-5-1-2-6-32;/h11-13,19,27-28,30H,1-10H2;1H. The second kappa shape index (κ2) is 10.4. The highest BCUT2D eigenvalue weighted by Gasteiger charge is 2.47.